The van der Waals surface area contributed by atoms with E-state index < -0.39 is 11.5 Å². The molecular formula is C17H13BrN4O4. The summed E-state index contributed by atoms with van der Waals surface area (Å²) in [6.07, 6.45) is 0. The molecule has 1 aromatic carbocycles. The molecule has 0 fully saturated rings. The Kier molecular flexibility index (Phi) is 5.65. The summed E-state index contributed by atoms with van der Waals surface area (Å²) in [7, 11) is 0. The van der Waals surface area contributed by atoms with Crippen LogP contribution in [-0.2, 0) is 4.79 Å². The lowest BCUT2D eigenvalue weighted by molar-refractivity contribution is -0.132. The summed E-state index contributed by atoms with van der Waals surface area (Å²) in [4.78, 5) is 25.7. The van der Waals surface area contributed by atoms with Crippen LogP contribution in [0, 0.1) is 22.7 Å². The van der Waals surface area contributed by atoms with E-state index in [2.05, 4.69) is 20.9 Å². The number of benzene rings is 1. The number of hydrogen-bond donors (Lipinski definition) is 2. The number of ether oxygens (including phenoxy) is 2. The van der Waals surface area contributed by atoms with Crippen molar-refractivity contribution in [2.45, 2.75) is 13.8 Å². The molecule has 0 atom stereocenters. The Labute approximate surface area is 156 Å². The summed E-state index contributed by atoms with van der Waals surface area (Å²) in [5, 5.41) is 18.8. The van der Waals surface area contributed by atoms with Crippen LogP contribution < -0.4 is 20.8 Å². The average molecular weight is 417 g/mol. The molecule has 0 radical (unpaired) electrons. The Morgan fingerprint density at radius 2 is 1.96 bits per heavy atom. The van der Waals surface area contributed by atoms with Crippen LogP contribution >= 0.6 is 15.9 Å². The van der Waals surface area contributed by atoms with E-state index in [1.54, 1.807) is 13.0 Å². The largest absolute Gasteiger partial charge is 0.490 e. The van der Waals surface area contributed by atoms with Crippen molar-refractivity contribution in [3.05, 3.63) is 38.1 Å². The lowest BCUT2D eigenvalue weighted by Crippen LogP contribution is -2.16. The summed E-state index contributed by atoms with van der Waals surface area (Å²) >= 11 is 3.28. The molecule has 0 spiro atoms. The van der Waals surface area contributed by atoms with Gasteiger partial charge in [0.15, 0.2) is 11.5 Å². The zero-order chi connectivity index (χ0) is 19.4. The smallest absolute Gasteiger partial charge is 0.308 e. The third-order valence-electron chi connectivity index (χ3n) is 3.31. The topological polar surface area (TPSA) is 142 Å². The van der Waals surface area contributed by atoms with Gasteiger partial charge in [-0.3, -0.25) is 9.59 Å². The minimum atomic E-state index is -0.711. The quantitative estimate of drug-likeness (QED) is 0.575. The lowest BCUT2D eigenvalue weighted by atomic mass is 9.96. The van der Waals surface area contributed by atoms with Crippen LogP contribution in [0.1, 0.15) is 25.0 Å². The first-order valence-electron chi connectivity index (χ1n) is 7.35. The van der Waals surface area contributed by atoms with Gasteiger partial charge in [-0.05, 0) is 40.5 Å². The molecule has 2 rings (SSSR count). The molecule has 0 amide bonds. The highest BCUT2D eigenvalue weighted by molar-refractivity contribution is 9.10. The molecule has 1 aromatic heterocycles. The first kappa shape index (κ1) is 19.0. The van der Waals surface area contributed by atoms with Crippen molar-refractivity contribution in [3.63, 3.8) is 0 Å². The number of H-pyrrole nitrogens is 1. The maximum absolute atomic E-state index is 12.1. The summed E-state index contributed by atoms with van der Waals surface area (Å²) < 4.78 is 11.0. The number of pyridine rings is 1. The molecule has 0 aliphatic carbocycles. The van der Waals surface area contributed by atoms with Gasteiger partial charge in [-0.15, -0.1) is 0 Å². The minimum absolute atomic E-state index is 0.0456. The number of halogens is 1. The second kappa shape index (κ2) is 7.72. The molecule has 0 aliphatic rings. The number of aromatic nitrogens is 1. The van der Waals surface area contributed by atoms with Crippen LogP contribution in [0.25, 0.3) is 11.1 Å². The van der Waals surface area contributed by atoms with Gasteiger partial charge in [0.2, 0.25) is 0 Å². The van der Waals surface area contributed by atoms with Crippen molar-refractivity contribution in [2.75, 3.05) is 12.3 Å². The Balaban J connectivity index is 2.87. The first-order chi connectivity index (χ1) is 12.3. The van der Waals surface area contributed by atoms with E-state index in [0.29, 0.717) is 10.0 Å². The highest BCUT2D eigenvalue weighted by atomic mass is 79.9. The molecule has 0 saturated carbocycles. The van der Waals surface area contributed by atoms with Crippen LogP contribution in [0.4, 0.5) is 5.82 Å². The number of nitrogens with one attached hydrogen (secondary N) is 1. The van der Waals surface area contributed by atoms with Gasteiger partial charge >= 0.3 is 5.97 Å². The maximum Gasteiger partial charge on any atom is 0.308 e. The van der Waals surface area contributed by atoms with E-state index in [1.807, 2.05) is 6.07 Å². The summed E-state index contributed by atoms with van der Waals surface area (Å²) in [6.45, 7) is 3.26. The van der Waals surface area contributed by atoms with Gasteiger partial charge in [-0.25, -0.2) is 0 Å². The molecule has 8 nitrogen and oxygen atoms in total. The number of nitriles is 2. The Morgan fingerprint density at radius 3 is 2.50 bits per heavy atom. The predicted octanol–water partition coefficient (Wildman–Crippen LogP) is 2.45. The summed E-state index contributed by atoms with van der Waals surface area (Å²) in [5.41, 5.74) is 5.12. The minimum Gasteiger partial charge on any atom is -0.490 e. The van der Waals surface area contributed by atoms with E-state index in [4.69, 9.17) is 15.2 Å². The monoisotopic (exact) mass is 416 g/mol. The number of rotatable bonds is 4. The highest BCUT2D eigenvalue weighted by Crippen LogP contribution is 2.41. The molecule has 2 aromatic rings. The number of anilines is 1. The summed E-state index contributed by atoms with van der Waals surface area (Å²) in [5.74, 6) is -0.337. The number of carbonyl (C=O) groups is 1. The Bertz CT molecular complexity index is 1030. The van der Waals surface area contributed by atoms with Crippen LogP contribution in [0.5, 0.6) is 11.5 Å². The predicted molar refractivity (Wildman–Crippen MR) is 96.5 cm³/mol. The average Bonchev–Trinajstić information content (AvgIpc) is 2.57. The normalized spacial score (nSPS) is 9.88. The second-order valence-corrected chi connectivity index (χ2v) is 5.88. The number of nitrogen functional groups attached to an aromatic ring is 1. The molecule has 26 heavy (non-hydrogen) atoms. The van der Waals surface area contributed by atoms with Gasteiger partial charge in [0.1, 0.15) is 29.1 Å². The molecule has 3 N–H and O–H groups in total. The molecule has 0 aliphatic heterocycles. The van der Waals surface area contributed by atoms with E-state index in [-0.39, 0.29) is 40.6 Å². The van der Waals surface area contributed by atoms with Gasteiger partial charge in [0.25, 0.3) is 5.56 Å². The van der Waals surface area contributed by atoms with Crippen molar-refractivity contribution >= 4 is 27.7 Å². The Morgan fingerprint density at radius 1 is 1.31 bits per heavy atom. The molecule has 9 heteroatoms. The SMILES string of the molecule is CCOc1cc(-c2c(C#N)c(N)[nH]c(=O)c2C#N)cc(Br)c1OC(C)=O. The maximum atomic E-state index is 12.1. The van der Waals surface area contributed by atoms with Crippen molar-refractivity contribution < 1.29 is 14.3 Å². The lowest BCUT2D eigenvalue weighted by Gasteiger charge is -2.15. The van der Waals surface area contributed by atoms with Crippen LogP contribution in [0.3, 0.4) is 0 Å². The number of esters is 1. The standard InChI is InChI=1S/C17H13BrN4O4/c1-3-25-13-5-9(4-12(18)15(13)26-8(2)23)14-10(6-19)16(21)22-17(24)11(14)7-20/h4-5H,3H2,1-2H3,(H3,21,22,24). The van der Waals surface area contributed by atoms with Crippen molar-refractivity contribution in [1.82, 2.24) is 4.98 Å². The second-order valence-electron chi connectivity index (χ2n) is 5.03. The zero-order valence-electron chi connectivity index (χ0n) is 13.8. The van der Waals surface area contributed by atoms with Crippen LogP contribution in [0.15, 0.2) is 21.4 Å². The molecule has 0 bridgehead atoms. The van der Waals surface area contributed by atoms with E-state index >= 15 is 0 Å². The number of hydrogen-bond acceptors (Lipinski definition) is 7. The fourth-order valence-electron chi connectivity index (χ4n) is 2.35. The van der Waals surface area contributed by atoms with Gasteiger partial charge in [-0.1, -0.05) is 0 Å². The van der Waals surface area contributed by atoms with E-state index in [9.17, 15) is 20.1 Å². The molecular weight excluding hydrogens is 404 g/mol. The molecule has 132 valence electrons. The molecule has 1 heterocycles. The van der Waals surface area contributed by atoms with E-state index in [1.165, 1.54) is 19.1 Å². The number of nitrogens with zero attached hydrogens (tertiary/aromatic N) is 2. The number of aromatic amines is 1. The number of carbonyl (C=O) groups excluding carboxylic acids is 1. The van der Waals surface area contributed by atoms with Gasteiger partial charge in [-0.2, -0.15) is 10.5 Å². The van der Waals surface area contributed by atoms with E-state index in [0.717, 1.165) is 0 Å². The fourth-order valence-corrected chi connectivity index (χ4v) is 2.87. The first-order valence-corrected chi connectivity index (χ1v) is 8.14. The summed E-state index contributed by atoms with van der Waals surface area (Å²) in [6, 6.07) is 6.67. The van der Waals surface area contributed by atoms with Crippen molar-refractivity contribution in [2.24, 2.45) is 0 Å². The third kappa shape index (κ3) is 3.53. The van der Waals surface area contributed by atoms with Gasteiger partial charge < -0.3 is 20.2 Å². The highest BCUT2D eigenvalue weighted by Gasteiger charge is 2.22. The number of nitrogens with two attached hydrogens (primary N) is 1. The Hall–Kier alpha value is -3.30. The van der Waals surface area contributed by atoms with Crippen molar-refractivity contribution in [3.8, 4) is 34.8 Å². The fraction of sp³-hybridized carbons (Fsp3) is 0.176. The van der Waals surface area contributed by atoms with Crippen LogP contribution in [0.2, 0.25) is 0 Å². The molecule has 0 saturated heterocycles. The third-order valence-corrected chi connectivity index (χ3v) is 3.90. The molecule has 0 unspecified atom stereocenters. The van der Waals surface area contributed by atoms with Crippen LogP contribution in [-0.4, -0.2) is 17.6 Å². The van der Waals surface area contributed by atoms with Crippen molar-refractivity contribution in [1.29, 1.82) is 10.5 Å². The van der Waals surface area contributed by atoms with Gasteiger partial charge in [0.05, 0.1) is 11.1 Å². The zero-order valence-corrected chi connectivity index (χ0v) is 15.4. The van der Waals surface area contributed by atoms with Gasteiger partial charge in [0, 0.05) is 12.5 Å².